The van der Waals surface area contributed by atoms with Gasteiger partial charge in [0.15, 0.2) is 0 Å². The molecule has 2 atom stereocenters. The monoisotopic (exact) mass is 283 g/mol. The minimum Gasteiger partial charge on any atom is -0.385 e. The van der Waals surface area contributed by atoms with Crippen LogP contribution in [-0.2, 0) is 9.47 Å². The molecule has 2 N–H and O–H groups in total. The van der Waals surface area contributed by atoms with E-state index in [9.17, 15) is 5.26 Å². The normalized spacial score (nSPS) is 26.1. The Balaban J connectivity index is 2.38. The summed E-state index contributed by atoms with van der Waals surface area (Å²) in [4.78, 5) is 2.39. The Hall–Kier alpha value is -0.670. The SMILES string of the molecule is COCCCN(CCOC)CCC1CCCC1(N)C#N. The van der Waals surface area contributed by atoms with Gasteiger partial charge < -0.3 is 20.1 Å². The van der Waals surface area contributed by atoms with Crippen molar-refractivity contribution >= 4 is 0 Å². The van der Waals surface area contributed by atoms with E-state index in [1.807, 2.05) is 0 Å². The molecule has 0 bridgehead atoms. The number of nitrogens with two attached hydrogens (primary N) is 1. The van der Waals surface area contributed by atoms with Gasteiger partial charge in [0.1, 0.15) is 5.54 Å². The number of methoxy groups -OCH3 is 2. The number of nitrogens with zero attached hydrogens (tertiary/aromatic N) is 2. The van der Waals surface area contributed by atoms with Crippen LogP contribution in [0, 0.1) is 17.2 Å². The summed E-state index contributed by atoms with van der Waals surface area (Å²) in [5, 5.41) is 9.25. The third-order valence-electron chi connectivity index (χ3n) is 4.31. The summed E-state index contributed by atoms with van der Waals surface area (Å²) in [6, 6.07) is 2.32. The first-order valence-electron chi connectivity index (χ1n) is 7.56. The Morgan fingerprint density at radius 3 is 2.65 bits per heavy atom. The van der Waals surface area contributed by atoms with E-state index in [-0.39, 0.29) is 0 Å². The highest BCUT2D eigenvalue weighted by atomic mass is 16.5. The van der Waals surface area contributed by atoms with E-state index in [4.69, 9.17) is 15.2 Å². The van der Waals surface area contributed by atoms with Crippen LogP contribution in [0.4, 0.5) is 0 Å². The van der Waals surface area contributed by atoms with Crippen molar-refractivity contribution in [1.29, 1.82) is 5.26 Å². The summed E-state index contributed by atoms with van der Waals surface area (Å²) in [5.41, 5.74) is 5.59. The molecule has 0 aliphatic heterocycles. The minimum absolute atomic E-state index is 0.333. The van der Waals surface area contributed by atoms with Crippen LogP contribution >= 0.6 is 0 Å². The van der Waals surface area contributed by atoms with Crippen LogP contribution < -0.4 is 5.73 Å². The first-order valence-corrected chi connectivity index (χ1v) is 7.56. The van der Waals surface area contributed by atoms with Crippen molar-refractivity contribution in [2.45, 2.75) is 37.6 Å². The summed E-state index contributed by atoms with van der Waals surface area (Å²) in [6.07, 6.45) is 5.03. The smallest absolute Gasteiger partial charge is 0.107 e. The quantitative estimate of drug-likeness (QED) is 0.613. The molecule has 0 spiro atoms. The number of nitriles is 1. The predicted octanol–water partition coefficient (Wildman–Crippen LogP) is 1.38. The molecule has 1 aliphatic rings. The third-order valence-corrected chi connectivity index (χ3v) is 4.31. The lowest BCUT2D eigenvalue weighted by atomic mass is 9.87. The predicted molar refractivity (Wildman–Crippen MR) is 79.3 cm³/mol. The lowest BCUT2D eigenvalue weighted by molar-refractivity contribution is 0.127. The second-order valence-electron chi connectivity index (χ2n) is 5.71. The molecule has 0 amide bonds. The molecule has 0 aromatic heterocycles. The molecule has 0 aromatic carbocycles. The summed E-state index contributed by atoms with van der Waals surface area (Å²) < 4.78 is 10.3. The van der Waals surface area contributed by atoms with Crippen LogP contribution in [0.1, 0.15) is 32.1 Å². The van der Waals surface area contributed by atoms with Gasteiger partial charge in [-0.2, -0.15) is 5.26 Å². The largest absolute Gasteiger partial charge is 0.385 e. The van der Waals surface area contributed by atoms with Crippen molar-refractivity contribution in [2.75, 3.05) is 47.1 Å². The fraction of sp³-hybridized carbons (Fsp3) is 0.933. The molecule has 1 saturated carbocycles. The van der Waals surface area contributed by atoms with Crippen LogP contribution in [0.3, 0.4) is 0 Å². The van der Waals surface area contributed by atoms with Gasteiger partial charge in [-0.25, -0.2) is 0 Å². The highest BCUT2D eigenvalue weighted by Gasteiger charge is 2.39. The Labute approximate surface area is 123 Å². The van der Waals surface area contributed by atoms with Gasteiger partial charge in [-0.1, -0.05) is 6.42 Å². The van der Waals surface area contributed by atoms with Gasteiger partial charge >= 0.3 is 0 Å². The molecule has 0 heterocycles. The summed E-state index contributed by atoms with van der Waals surface area (Å²) >= 11 is 0. The molecule has 1 aliphatic carbocycles. The van der Waals surface area contributed by atoms with E-state index in [1.165, 1.54) is 0 Å². The molecule has 5 heteroatoms. The number of rotatable bonds is 10. The molecule has 5 nitrogen and oxygen atoms in total. The van der Waals surface area contributed by atoms with Crippen molar-refractivity contribution in [1.82, 2.24) is 4.90 Å². The molecule has 0 aromatic rings. The molecule has 20 heavy (non-hydrogen) atoms. The Bertz CT molecular complexity index is 306. The minimum atomic E-state index is -0.598. The zero-order valence-corrected chi connectivity index (χ0v) is 12.9. The van der Waals surface area contributed by atoms with Gasteiger partial charge in [0.25, 0.3) is 0 Å². The summed E-state index contributed by atoms with van der Waals surface area (Å²) in [7, 11) is 3.46. The second-order valence-corrected chi connectivity index (χ2v) is 5.71. The van der Waals surface area contributed by atoms with Crippen LogP contribution in [0.5, 0.6) is 0 Å². The zero-order valence-electron chi connectivity index (χ0n) is 12.9. The van der Waals surface area contributed by atoms with Crippen molar-refractivity contribution in [3.8, 4) is 6.07 Å². The topological polar surface area (TPSA) is 71.5 Å². The maximum Gasteiger partial charge on any atom is 0.107 e. The van der Waals surface area contributed by atoms with E-state index >= 15 is 0 Å². The van der Waals surface area contributed by atoms with E-state index in [2.05, 4.69) is 11.0 Å². The van der Waals surface area contributed by atoms with Gasteiger partial charge in [-0.05, 0) is 38.1 Å². The maximum absolute atomic E-state index is 9.25. The van der Waals surface area contributed by atoms with Crippen LogP contribution in [0.2, 0.25) is 0 Å². The van der Waals surface area contributed by atoms with Crippen molar-refractivity contribution in [3.63, 3.8) is 0 Å². The summed E-state index contributed by atoms with van der Waals surface area (Å²) in [5.74, 6) is 0.333. The van der Waals surface area contributed by atoms with E-state index in [0.717, 1.165) is 65.0 Å². The van der Waals surface area contributed by atoms with Gasteiger partial charge in [-0.3, -0.25) is 0 Å². The highest BCUT2D eigenvalue weighted by molar-refractivity contribution is 5.11. The summed E-state index contributed by atoms with van der Waals surface area (Å²) in [6.45, 7) is 4.44. The number of hydrogen-bond acceptors (Lipinski definition) is 5. The number of hydrogen-bond donors (Lipinski definition) is 1. The fourth-order valence-corrected chi connectivity index (χ4v) is 2.98. The molecule has 0 saturated heterocycles. The first kappa shape index (κ1) is 17.4. The van der Waals surface area contributed by atoms with Gasteiger partial charge in [0.2, 0.25) is 0 Å². The van der Waals surface area contributed by atoms with Crippen LogP contribution in [0.15, 0.2) is 0 Å². The molecular formula is C15H29N3O2. The Morgan fingerprint density at radius 1 is 1.25 bits per heavy atom. The Kier molecular flexibility index (Phi) is 8.08. The molecule has 116 valence electrons. The standard InChI is InChI=1S/C15H29N3O2/c1-19-11-4-8-18(10-12-20-2)9-6-14-5-3-7-15(14,17)13-16/h14H,3-12,17H2,1-2H3. The molecule has 1 rings (SSSR count). The lowest BCUT2D eigenvalue weighted by Gasteiger charge is -2.28. The van der Waals surface area contributed by atoms with Crippen LogP contribution in [-0.4, -0.2) is 57.5 Å². The number of ether oxygens (including phenoxy) is 2. The van der Waals surface area contributed by atoms with E-state index in [0.29, 0.717) is 5.92 Å². The van der Waals surface area contributed by atoms with Gasteiger partial charge in [0.05, 0.1) is 12.7 Å². The highest BCUT2D eigenvalue weighted by Crippen LogP contribution is 2.35. The van der Waals surface area contributed by atoms with E-state index < -0.39 is 5.54 Å². The van der Waals surface area contributed by atoms with Crippen molar-refractivity contribution in [3.05, 3.63) is 0 Å². The van der Waals surface area contributed by atoms with Gasteiger partial charge in [-0.15, -0.1) is 0 Å². The van der Waals surface area contributed by atoms with Crippen molar-refractivity contribution < 1.29 is 9.47 Å². The second kappa shape index (κ2) is 9.30. The Morgan fingerprint density at radius 2 is 2.00 bits per heavy atom. The average molecular weight is 283 g/mol. The van der Waals surface area contributed by atoms with Gasteiger partial charge in [0, 0.05) is 33.9 Å². The zero-order chi connectivity index (χ0) is 14.8. The third kappa shape index (κ3) is 5.37. The average Bonchev–Trinajstić information content (AvgIpc) is 2.83. The molecule has 1 fully saturated rings. The fourth-order valence-electron chi connectivity index (χ4n) is 2.98. The lowest BCUT2D eigenvalue weighted by Crippen LogP contribution is -2.43. The maximum atomic E-state index is 9.25. The first-order chi connectivity index (χ1) is 9.66. The van der Waals surface area contributed by atoms with Crippen molar-refractivity contribution in [2.24, 2.45) is 11.7 Å². The molecule has 0 radical (unpaired) electrons. The van der Waals surface area contributed by atoms with Crippen LogP contribution in [0.25, 0.3) is 0 Å². The van der Waals surface area contributed by atoms with E-state index in [1.54, 1.807) is 14.2 Å². The molecule has 2 unspecified atom stereocenters. The molecular weight excluding hydrogens is 254 g/mol.